The Morgan fingerprint density at radius 3 is 2.75 bits per heavy atom. The van der Waals surface area contributed by atoms with Gasteiger partial charge >= 0.3 is 5.97 Å². The third-order valence-corrected chi connectivity index (χ3v) is 2.92. The van der Waals surface area contributed by atoms with Gasteiger partial charge in [-0.2, -0.15) is 0 Å². The molecule has 0 heterocycles. The zero-order valence-electron chi connectivity index (χ0n) is 11.8. The van der Waals surface area contributed by atoms with E-state index in [0.717, 1.165) is 12.8 Å². The van der Waals surface area contributed by atoms with Crippen molar-refractivity contribution in [1.29, 1.82) is 0 Å². The molecule has 1 atom stereocenters. The van der Waals surface area contributed by atoms with Gasteiger partial charge in [-0.3, -0.25) is 4.79 Å². The number of unbranched alkanes of at least 4 members (excludes halogenated alkanes) is 1. The van der Waals surface area contributed by atoms with E-state index in [9.17, 15) is 14.0 Å². The highest BCUT2D eigenvalue weighted by atomic mass is 19.1. The first-order valence-electron chi connectivity index (χ1n) is 6.68. The van der Waals surface area contributed by atoms with E-state index in [-0.39, 0.29) is 18.1 Å². The molecule has 0 fully saturated rings. The number of carbonyl (C=O) groups excluding carboxylic acids is 2. The number of carbonyl (C=O) groups is 2. The molecule has 20 heavy (non-hydrogen) atoms. The van der Waals surface area contributed by atoms with Gasteiger partial charge in [0.15, 0.2) is 0 Å². The van der Waals surface area contributed by atoms with Gasteiger partial charge in [0.2, 0.25) is 5.91 Å². The Morgan fingerprint density at radius 2 is 2.15 bits per heavy atom. The van der Waals surface area contributed by atoms with Gasteiger partial charge in [0, 0.05) is 0 Å². The van der Waals surface area contributed by atoms with Crippen LogP contribution in [0.5, 0.6) is 0 Å². The summed E-state index contributed by atoms with van der Waals surface area (Å²) in [5.74, 6) is -1.15. The first-order chi connectivity index (χ1) is 9.56. The van der Waals surface area contributed by atoms with Crippen molar-refractivity contribution in [2.75, 3.05) is 7.11 Å². The van der Waals surface area contributed by atoms with Crippen LogP contribution in [0.25, 0.3) is 0 Å². The lowest BCUT2D eigenvalue weighted by Gasteiger charge is -2.16. The largest absolute Gasteiger partial charge is 0.467 e. The average Bonchev–Trinajstić information content (AvgIpc) is 2.42. The van der Waals surface area contributed by atoms with E-state index in [4.69, 9.17) is 0 Å². The van der Waals surface area contributed by atoms with Crippen LogP contribution in [0.15, 0.2) is 24.3 Å². The van der Waals surface area contributed by atoms with Gasteiger partial charge < -0.3 is 10.1 Å². The van der Waals surface area contributed by atoms with Gasteiger partial charge in [0.25, 0.3) is 0 Å². The molecule has 4 nitrogen and oxygen atoms in total. The lowest BCUT2D eigenvalue weighted by Crippen LogP contribution is -2.42. The third-order valence-electron chi connectivity index (χ3n) is 2.92. The molecule has 110 valence electrons. The zero-order valence-corrected chi connectivity index (χ0v) is 11.8. The van der Waals surface area contributed by atoms with E-state index < -0.39 is 12.0 Å². The zero-order chi connectivity index (χ0) is 15.0. The molecular weight excluding hydrogens is 261 g/mol. The summed E-state index contributed by atoms with van der Waals surface area (Å²) in [7, 11) is 1.29. The van der Waals surface area contributed by atoms with Crippen LogP contribution in [0.1, 0.15) is 31.7 Å². The molecule has 1 rings (SSSR count). The van der Waals surface area contributed by atoms with Crippen LogP contribution in [0, 0.1) is 5.82 Å². The fraction of sp³-hybridized carbons (Fsp3) is 0.467. The minimum absolute atomic E-state index is 0.0391. The van der Waals surface area contributed by atoms with Crippen LogP contribution in [0.2, 0.25) is 0 Å². The van der Waals surface area contributed by atoms with E-state index in [2.05, 4.69) is 10.1 Å². The number of hydrogen-bond donors (Lipinski definition) is 1. The Kier molecular flexibility index (Phi) is 6.70. The molecule has 1 amide bonds. The maximum absolute atomic E-state index is 13.0. The summed E-state index contributed by atoms with van der Waals surface area (Å²) in [4.78, 5) is 23.4. The lowest BCUT2D eigenvalue weighted by atomic mass is 10.1. The molecule has 0 radical (unpaired) electrons. The van der Waals surface area contributed by atoms with E-state index in [1.807, 2.05) is 6.92 Å². The number of benzene rings is 1. The number of amides is 1. The Balaban J connectivity index is 2.59. The summed E-state index contributed by atoms with van der Waals surface area (Å²) in [6, 6.07) is 5.20. The molecule has 0 spiro atoms. The van der Waals surface area contributed by atoms with Crippen molar-refractivity contribution in [2.45, 2.75) is 38.6 Å². The molecule has 0 saturated carbocycles. The predicted octanol–water partition coefficient (Wildman–Crippen LogP) is 2.22. The summed E-state index contributed by atoms with van der Waals surface area (Å²) >= 11 is 0. The Morgan fingerprint density at radius 1 is 1.40 bits per heavy atom. The first kappa shape index (κ1) is 16.1. The van der Waals surface area contributed by atoms with Crippen LogP contribution in [0.3, 0.4) is 0 Å². The van der Waals surface area contributed by atoms with Crippen molar-refractivity contribution < 1.29 is 18.7 Å². The molecule has 0 bridgehead atoms. The van der Waals surface area contributed by atoms with E-state index in [1.54, 1.807) is 12.1 Å². The second kappa shape index (κ2) is 8.30. The van der Waals surface area contributed by atoms with Gasteiger partial charge in [-0.05, 0) is 24.1 Å². The number of methoxy groups -OCH3 is 1. The van der Waals surface area contributed by atoms with Crippen molar-refractivity contribution in [2.24, 2.45) is 0 Å². The van der Waals surface area contributed by atoms with Crippen LogP contribution >= 0.6 is 0 Å². The Bertz CT molecular complexity index is 462. The summed E-state index contributed by atoms with van der Waals surface area (Å²) < 4.78 is 17.7. The number of hydrogen-bond acceptors (Lipinski definition) is 3. The van der Waals surface area contributed by atoms with Gasteiger partial charge in [-0.15, -0.1) is 0 Å². The van der Waals surface area contributed by atoms with Crippen molar-refractivity contribution in [3.05, 3.63) is 35.6 Å². The Labute approximate surface area is 118 Å². The van der Waals surface area contributed by atoms with Crippen LogP contribution in [-0.2, 0) is 20.7 Å². The smallest absolute Gasteiger partial charge is 0.328 e. The molecule has 1 N–H and O–H groups in total. The predicted molar refractivity (Wildman–Crippen MR) is 73.6 cm³/mol. The molecule has 1 aromatic rings. The maximum Gasteiger partial charge on any atom is 0.328 e. The fourth-order valence-electron chi connectivity index (χ4n) is 1.88. The second-order valence-corrected chi connectivity index (χ2v) is 4.59. The molecular formula is C15H20FNO3. The van der Waals surface area contributed by atoms with Crippen molar-refractivity contribution in [3.8, 4) is 0 Å². The molecule has 0 aromatic heterocycles. The van der Waals surface area contributed by atoms with Crippen LogP contribution < -0.4 is 5.32 Å². The number of esters is 1. The van der Waals surface area contributed by atoms with Gasteiger partial charge in [0.05, 0.1) is 13.5 Å². The molecule has 0 aliphatic rings. The quantitative estimate of drug-likeness (QED) is 0.780. The highest BCUT2D eigenvalue weighted by molar-refractivity contribution is 5.85. The van der Waals surface area contributed by atoms with Gasteiger partial charge in [-0.25, -0.2) is 9.18 Å². The van der Waals surface area contributed by atoms with E-state index >= 15 is 0 Å². The van der Waals surface area contributed by atoms with Crippen molar-refractivity contribution in [1.82, 2.24) is 5.32 Å². The van der Waals surface area contributed by atoms with Crippen LogP contribution in [-0.4, -0.2) is 25.0 Å². The number of rotatable bonds is 7. The third kappa shape index (κ3) is 5.38. The molecule has 0 aliphatic carbocycles. The standard InChI is InChI=1S/C15H20FNO3/c1-3-4-8-13(15(19)20-2)17-14(18)10-11-6-5-7-12(16)9-11/h5-7,9,13H,3-4,8,10H2,1-2H3,(H,17,18)/t13-/m0/s1. The minimum Gasteiger partial charge on any atom is -0.467 e. The maximum atomic E-state index is 13.0. The van der Waals surface area contributed by atoms with E-state index in [0.29, 0.717) is 12.0 Å². The first-order valence-corrected chi connectivity index (χ1v) is 6.68. The lowest BCUT2D eigenvalue weighted by molar-refractivity contribution is -0.145. The second-order valence-electron chi connectivity index (χ2n) is 4.59. The highest BCUT2D eigenvalue weighted by Gasteiger charge is 2.20. The van der Waals surface area contributed by atoms with Crippen molar-refractivity contribution >= 4 is 11.9 Å². The molecule has 1 aromatic carbocycles. The normalized spacial score (nSPS) is 11.8. The summed E-state index contributed by atoms with van der Waals surface area (Å²) in [6.45, 7) is 2.00. The molecule has 0 unspecified atom stereocenters. The molecule has 0 saturated heterocycles. The topological polar surface area (TPSA) is 55.4 Å². The number of ether oxygens (including phenoxy) is 1. The summed E-state index contributed by atoms with van der Waals surface area (Å²) in [6.07, 6.45) is 2.32. The monoisotopic (exact) mass is 281 g/mol. The van der Waals surface area contributed by atoms with Crippen molar-refractivity contribution in [3.63, 3.8) is 0 Å². The highest BCUT2D eigenvalue weighted by Crippen LogP contribution is 2.06. The fourth-order valence-corrected chi connectivity index (χ4v) is 1.88. The summed E-state index contributed by atoms with van der Waals surface area (Å²) in [5.41, 5.74) is 0.571. The van der Waals surface area contributed by atoms with Gasteiger partial charge in [-0.1, -0.05) is 31.9 Å². The van der Waals surface area contributed by atoms with E-state index in [1.165, 1.54) is 19.2 Å². The van der Waals surface area contributed by atoms with Gasteiger partial charge in [0.1, 0.15) is 11.9 Å². The van der Waals surface area contributed by atoms with Crippen LogP contribution in [0.4, 0.5) is 4.39 Å². The SMILES string of the molecule is CCCC[C@H](NC(=O)Cc1cccc(F)c1)C(=O)OC. The molecule has 0 aliphatic heterocycles. The molecule has 5 heteroatoms. The number of nitrogens with one attached hydrogen (secondary N) is 1. The summed E-state index contributed by atoms with van der Waals surface area (Å²) in [5, 5.41) is 2.63. The minimum atomic E-state index is -0.638. The average molecular weight is 281 g/mol. The number of halogens is 1. The Hall–Kier alpha value is -1.91.